The number of benzene rings is 1. The quantitative estimate of drug-likeness (QED) is 0.811. The van der Waals surface area contributed by atoms with E-state index in [1.165, 1.54) is 0 Å². The molecule has 0 aromatic heterocycles. The normalized spacial score (nSPS) is 22.4. The van der Waals surface area contributed by atoms with Crippen LogP contribution < -0.4 is 10.5 Å². The number of piperidine rings is 1. The van der Waals surface area contributed by atoms with Crippen molar-refractivity contribution >= 4 is 5.91 Å². The van der Waals surface area contributed by atoms with Crippen LogP contribution in [0.5, 0.6) is 5.75 Å². The van der Waals surface area contributed by atoms with Crippen molar-refractivity contribution in [1.82, 2.24) is 4.90 Å². The van der Waals surface area contributed by atoms with Crippen LogP contribution in [0.4, 0.5) is 0 Å². The zero-order valence-electron chi connectivity index (χ0n) is 12.7. The predicted molar refractivity (Wildman–Crippen MR) is 81.2 cm³/mol. The van der Waals surface area contributed by atoms with Crippen LogP contribution in [-0.2, 0) is 9.53 Å². The lowest BCUT2D eigenvalue weighted by Gasteiger charge is -2.40. The molecule has 1 aromatic carbocycles. The van der Waals surface area contributed by atoms with Gasteiger partial charge in [-0.25, -0.2) is 0 Å². The molecule has 116 valence electrons. The molecule has 2 unspecified atom stereocenters. The maximum absolute atomic E-state index is 12.3. The van der Waals surface area contributed by atoms with Crippen molar-refractivity contribution in [2.75, 3.05) is 27.4 Å². The average molecular weight is 292 g/mol. The van der Waals surface area contributed by atoms with E-state index in [0.29, 0.717) is 26.0 Å². The highest BCUT2D eigenvalue weighted by Gasteiger charge is 2.35. The fourth-order valence-electron chi connectivity index (χ4n) is 2.93. The molecule has 1 amide bonds. The van der Waals surface area contributed by atoms with Crippen molar-refractivity contribution in [2.45, 2.75) is 31.3 Å². The number of hydrogen-bond acceptors (Lipinski definition) is 4. The number of carbonyl (C=O) groups excluding carboxylic acids is 1. The molecule has 2 rings (SSSR count). The number of ether oxygens (including phenoxy) is 2. The lowest BCUT2D eigenvalue weighted by molar-refractivity contribution is -0.137. The van der Waals surface area contributed by atoms with Gasteiger partial charge in [0.2, 0.25) is 5.91 Å². The van der Waals surface area contributed by atoms with E-state index in [1.807, 2.05) is 29.2 Å². The van der Waals surface area contributed by atoms with Crippen molar-refractivity contribution in [2.24, 2.45) is 5.73 Å². The van der Waals surface area contributed by atoms with Gasteiger partial charge in [0.15, 0.2) is 0 Å². The lowest BCUT2D eigenvalue weighted by atomic mass is 9.90. The van der Waals surface area contributed by atoms with Gasteiger partial charge < -0.3 is 20.1 Å². The third-order valence-electron chi connectivity index (χ3n) is 3.96. The molecule has 0 aliphatic carbocycles. The first-order chi connectivity index (χ1) is 10.2. The van der Waals surface area contributed by atoms with Gasteiger partial charge in [-0.15, -0.1) is 0 Å². The van der Waals surface area contributed by atoms with E-state index in [2.05, 4.69) is 0 Å². The standard InChI is InChI=1S/C16H24N2O3/c1-20-11-5-10-18-15(19)9-8-13(17)16(18)12-6-3-4-7-14(12)21-2/h3-4,6-7,13,16H,5,8-11,17H2,1-2H3. The summed E-state index contributed by atoms with van der Waals surface area (Å²) in [6.07, 6.45) is 2.03. The van der Waals surface area contributed by atoms with E-state index in [9.17, 15) is 4.79 Å². The van der Waals surface area contributed by atoms with Gasteiger partial charge in [0, 0.05) is 38.3 Å². The molecule has 21 heavy (non-hydrogen) atoms. The molecule has 0 saturated carbocycles. The fraction of sp³-hybridized carbons (Fsp3) is 0.562. The lowest BCUT2D eigenvalue weighted by Crippen LogP contribution is -2.49. The van der Waals surface area contributed by atoms with Gasteiger partial charge in [0.05, 0.1) is 13.2 Å². The van der Waals surface area contributed by atoms with Crippen molar-refractivity contribution in [1.29, 1.82) is 0 Å². The highest BCUT2D eigenvalue weighted by atomic mass is 16.5. The highest BCUT2D eigenvalue weighted by molar-refractivity contribution is 5.78. The topological polar surface area (TPSA) is 64.8 Å². The number of likely N-dealkylation sites (tertiary alicyclic amines) is 1. The average Bonchev–Trinajstić information content (AvgIpc) is 2.51. The Hall–Kier alpha value is -1.59. The summed E-state index contributed by atoms with van der Waals surface area (Å²) in [5.74, 6) is 0.938. The van der Waals surface area contributed by atoms with E-state index in [1.54, 1.807) is 14.2 Å². The summed E-state index contributed by atoms with van der Waals surface area (Å²) in [4.78, 5) is 14.2. The Labute approximate surface area is 126 Å². The smallest absolute Gasteiger partial charge is 0.223 e. The monoisotopic (exact) mass is 292 g/mol. The molecular formula is C16H24N2O3. The number of para-hydroxylation sites is 1. The molecule has 2 N–H and O–H groups in total. The molecular weight excluding hydrogens is 268 g/mol. The molecule has 0 spiro atoms. The number of hydrogen-bond donors (Lipinski definition) is 1. The Morgan fingerprint density at radius 1 is 1.33 bits per heavy atom. The van der Waals surface area contributed by atoms with Crippen LogP contribution in [0.15, 0.2) is 24.3 Å². The molecule has 2 atom stereocenters. The maximum Gasteiger partial charge on any atom is 0.223 e. The second-order valence-corrected chi connectivity index (χ2v) is 5.32. The molecule has 1 heterocycles. The summed E-state index contributed by atoms with van der Waals surface area (Å²) in [6, 6.07) is 7.59. The minimum absolute atomic E-state index is 0.0680. The van der Waals surface area contributed by atoms with Crippen LogP contribution in [0.25, 0.3) is 0 Å². The molecule has 1 saturated heterocycles. The molecule has 5 heteroatoms. The Balaban J connectivity index is 2.27. The zero-order chi connectivity index (χ0) is 15.2. The molecule has 1 aromatic rings. The van der Waals surface area contributed by atoms with Gasteiger partial charge in [-0.1, -0.05) is 18.2 Å². The number of nitrogens with zero attached hydrogens (tertiary/aromatic N) is 1. The SMILES string of the molecule is COCCCN1C(=O)CCC(N)C1c1ccccc1OC. The first kappa shape index (κ1) is 15.8. The van der Waals surface area contributed by atoms with Gasteiger partial charge in [-0.2, -0.15) is 0 Å². The number of rotatable bonds is 6. The van der Waals surface area contributed by atoms with Crippen molar-refractivity contribution in [3.8, 4) is 5.75 Å². The Morgan fingerprint density at radius 2 is 2.10 bits per heavy atom. The minimum atomic E-state index is -0.126. The third-order valence-corrected chi connectivity index (χ3v) is 3.96. The molecule has 1 aliphatic heterocycles. The van der Waals surface area contributed by atoms with Crippen LogP contribution in [-0.4, -0.2) is 44.2 Å². The summed E-state index contributed by atoms with van der Waals surface area (Å²) in [5, 5.41) is 0. The van der Waals surface area contributed by atoms with Crippen LogP contribution in [0, 0.1) is 0 Å². The first-order valence-electron chi connectivity index (χ1n) is 7.36. The van der Waals surface area contributed by atoms with Gasteiger partial charge in [-0.05, 0) is 18.9 Å². The Bertz CT molecular complexity index is 478. The predicted octanol–water partition coefficient (Wildman–Crippen LogP) is 1.72. The maximum atomic E-state index is 12.3. The molecule has 0 radical (unpaired) electrons. The Kier molecular flexibility index (Phi) is 5.59. The minimum Gasteiger partial charge on any atom is -0.496 e. The van der Waals surface area contributed by atoms with E-state index in [-0.39, 0.29) is 18.0 Å². The van der Waals surface area contributed by atoms with E-state index >= 15 is 0 Å². The molecule has 1 aliphatic rings. The summed E-state index contributed by atoms with van der Waals surface area (Å²) in [5.41, 5.74) is 7.29. The Morgan fingerprint density at radius 3 is 2.81 bits per heavy atom. The highest BCUT2D eigenvalue weighted by Crippen LogP contribution is 2.35. The number of amides is 1. The zero-order valence-corrected chi connectivity index (χ0v) is 12.7. The van der Waals surface area contributed by atoms with Gasteiger partial charge >= 0.3 is 0 Å². The van der Waals surface area contributed by atoms with Crippen LogP contribution in [0.3, 0.4) is 0 Å². The van der Waals surface area contributed by atoms with Gasteiger partial charge in [-0.3, -0.25) is 4.79 Å². The number of carbonyl (C=O) groups is 1. The van der Waals surface area contributed by atoms with Crippen LogP contribution in [0.2, 0.25) is 0 Å². The summed E-state index contributed by atoms with van der Waals surface area (Å²) < 4.78 is 10.5. The van der Waals surface area contributed by atoms with Crippen LogP contribution >= 0.6 is 0 Å². The van der Waals surface area contributed by atoms with E-state index in [4.69, 9.17) is 15.2 Å². The molecule has 5 nitrogen and oxygen atoms in total. The molecule has 1 fully saturated rings. The second kappa shape index (κ2) is 7.43. The second-order valence-electron chi connectivity index (χ2n) is 5.32. The summed E-state index contributed by atoms with van der Waals surface area (Å²) >= 11 is 0. The van der Waals surface area contributed by atoms with Crippen molar-refractivity contribution in [3.63, 3.8) is 0 Å². The fourth-order valence-corrected chi connectivity index (χ4v) is 2.93. The summed E-state index contributed by atoms with van der Waals surface area (Å²) in [7, 11) is 3.31. The number of methoxy groups -OCH3 is 2. The van der Waals surface area contributed by atoms with E-state index in [0.717, 1.165) is 17.7 Å². The first-order valence-corrected chi connectivity index (χ1v) is 7.36. The van der Waals surface area contributed by atoms with Crippen molar-refractivity contribution < 1.29 is 14.3 Å². The van der Waals surface area contributed by atoms with Gasteiger partial charge in [0.1, 0.15) is 5.75 Å². The number of nitrogens with two attached hydrogens (primary N) is 1. The van der Waals surface area contributed by atoms with Gasteiger partial charge in [0.25, 0.3) is 0 Å². The molecule has 0 bridgehead atoms. The van der Waals surface area contributed by atoms with Crippen molar-refractivity contribution in [3.05, 3.63) is 29.8 Å². The van der Waals surface area contributed by atoms with Crippen LogP contribution in [0.1, 0.15) is 30.9 Å². The largest absolute Gasteiger partial charge is 0.496 e. The third kappa shape index (κ3) is 3.54. The summed E-state index contributed by atoms with van der Waals surface area (Å²) in [6.45, 7) is 1.29. The van der Waals surface area contributed by atoms with E-state index < -0.39 is 0 Å².